The van der Waals surface area contributed by atoms with Gasteiger partial charge in [0.1, 0.15) is 12.3 Å². The number of carbonyl (C=O) groups is 2. The van der Waals surface area contributed by atoms with Crippen LogP contribution in [-0.2, 0) is 16.0 Å². The van der Waals surface area contributed by atoms with E-state index in [1.807, 2.05) is 6.92 Å². The Morgan fingerprint density at radius 2 is 2.11 bits per heavy atom. The van der Waals surface area contributed by atoms with Gasteiger partial charge in [-0.15, -0.1) is 0 Å². The molecule has 1 aromatic carbocycles. The van der Waals surface area contributed by atoms with Gasteiger partial charge in [-0.1, -0.05) is 11.6 Å². The highest BCUT2D eigenvalue weighted by Gasteiger charge is 2.11. The SMILES string of the molecule is COc1cc(C)c(Cl)cc1CC(=O)NCC(=O)O. The van der Waals surface area contributed by atoms with Crippen molar-refractivity contribution >= 4 is 23.5 Å². The zero-order valence-corrected chi connectivity index (χ0v) is 10.9. The van der Waals surface area contributed by atoms with Crippen molar-refractivity contribution in [1.82, 2.24) is 5.32 Å². The number of carboxylic acid groups (broad SMARTS) is 1. The normalized spacial score (nSPS) is 9.94. The molecule has 6 heteroatoms. The molecule has 1 aromatic rings. The van der Waals surface area contributed by atoms with Crippen LogP contribution < -0.4 is 10.1 Å². The summed E-state index contributed by atoms with van der Waals surface area (Å²) < 4.78 is 5.15. The summed E-state index contributed by atoms with van der Waals surface area (Å²) in [7, 11) is 1.50. The molecule has 0 aliphatic carbocycles. The Morgan fingerprint density at radius 3 is 2.67 bits per heavy atom. The highest BCUT2D eigenvalue weighted by atomic mass is 35.5. The zero-order chi connectivity index (χ0) is 13.7. The third kappa shape index (κ3) is 3.92. The van der Waals surface area contributed by atoms with Crippen LogP contribution in [0.25, 0.3) is 0 Å². The van der Waals surface area contributed by atoms with E-state index in [2.05, 4.69) is 5.32 Å². The number of aryl methyl sites for hydroxylation is 1. The van der Waals surface area contributed by atoms with Crippen LogP contribution in [-0.4, -0.2) is 30.6 Å². The molecular weight excluding hydrogens is 258 g/mol. The van der Waals surface area contributed by atoms with E-state index in [0.29, 0.717) is 16.3 Å². The largest absolute Gasteiger partial charge is 0.496 e. The van der Waals surface area contributed by atoms with E-state index >= 15 is 0 Å². The van der Waals surface area contributed by atoms with Gasteiger partial charge in [0, 0.05) is 10.6 Å². The Kier molecular flexibility index (Phi) is 4.97. The fourth-order valence-corrected chi connectivity index (χ4v) is 1.62. The van der Waals surface area contributed by atoms with Crippen molar-refractivity contribution in [2.24, 2.45) is 0 Å². The van der Waals surface area contributed by atoms with E-state index in [-0.39, 0.29) is 6.42 Å². The van der Waals surface area contributed by atoms with E-state index in [1.165, 1.54) is 7.11 Å². The second-order valence-corrected chi connectivity index (χ2v) is 4.17. The van der Waals surface area contributed by atoms with Crippen molar-refractivity contribution in [3.8, 4) is 5.75 Å². The molecule has 0 aliphatic heterocycles. The monoisotopic (exact) mass is 271 g/mol. The maximum atomic E-state index is 11.5. The van der Waals surface area contributed by atoms with E-state index in [4.69, 9.17) is 21.4 Å². The molecule has 5 nitrogen and oxygen atoms in total. The lowest BCUT2D eigenvalue weighted by Gasteiger charge is -2.10. The lowest BCUT2D eigenvalue weighted by molar-refractivity contribution is -0.137. The van der Waals surface area contributed by atoms with Crippen LogP contribution in [0.4, 0.5) is 0 Å². The van der Waals surface area contributed by atoms with Gasteiger partial charge in [-0.2, -0.15) is 0 Å². The average molecular weight is 272 g/mol. The Labute approximate surface area is 110 Å². The van der Waals surface area contributed by atoms with Crippen LogP contribution in [0.2, 0.25) is 5.02 Å². The minimum Gasteiger partial charge on any atom is -0.496 e. The van der Waals surface area contributed by atoms with Gasteiger partial charge in [-0.05, 0) is 24.6 Å². The molecule has 0 saturated heterocycles. The third-order valence-corrected chi connectivity index (χ3v) is 2.76. The van der Waals surface area contributed by atoms with Gasteiger partial charge in [0.2, 0.25) is 5.91 Å². The Balaban J connectivity index is 2.80. The summed E-state index contributed by atoms with van der Waals surface area (Å²) in [5.74, 6) is -0.921. The van der Waals surface area contributed by atoms with E-state index in [1.54, 1.807) is 12.1 Å². The molecule has 0 unspecified atom stereocenters. The van der Waals surface area contributed by atoms with Gasteiger partial charge in [0.15, 0.2) is 0 Å². The Morgan fingerprint density at radius 1 is 1.44 bits per heavy atom. The summed E-state index contributed by atoms with van der Waals surface area (Å²) in [5.41, 5.74) is 1.47. The molecule has 2 N–H and O–H groups in total. The number of rotatable bonds is 5. The highest BCUT2D eigenvalue weighted by Crippen LogP contribution is 2.26. The number of carbonyl (C=O) groups excluding carboxylic acids is 1. The number of aliphatic carboxylic acids is 1. The smallest absolute Gasteiger partial charge is 0.322 e. The molecule has 0 spiro atoms. The number of halogens is 1. The van der Waals surface area contributed by atoms with Crippen LogP contribution >= 0.6 is 11.6 Å². The highest BCUT2D eigenvalue weighted by molar-refractivity contribution is 6.31. The molecule has 0 aromatic heterocycles. The topological polar surface area (TPSA) is 75.6 Å². The number of ether oxygens (including phenoxy) is 1. The number of nitrogens with one attached hydrogen (secondary N) is 1. The van der Waals surface area contributed by atoms with Gasteiger partial charge >= 0.3 is 5.97 Å². The maximum Gasteiger partial charge on any atom is 0.322 e. The maximum absolute atomic E-state index is 11.5. The van der Waals surface area contributed by atoms with Crippen LogP contribution in [0.5, 0.6) is 5.75 Å². The van der Waals surface area contributed by atoms with Crippen molar-refractivity contribution in [2.45, 2.75) is 13.3 Å². The van der Waals surface area contributed by atoms with Crippen LogP contribution in [0.1, 0.15) is 11.1 Å². The number of amides is 1. The fraction of sp³-hybridized carbons (Fsp3) is 0.333. The number of methoxy groups -OCH3 is 1. The van der Waals surface area contributed by atoms with Crippen molar-refractivity contribution in [1.29, 1.82) is 0 Å². The fourth-order valence-electron chi connectivity index (χ4n) is 1.43. The first-order chi connectivity index (χ1) is 8.43. The summed E-state index contributed by atoms with van der Waals surface area (Å²) in [6.45, 7) is 1.43. The lowest BCUT2D eigenvalue weighted by atomic mass is 10.1. The van der Waals surface area contributed by atoms with Crippen molar-refractivity contribution < 1.29 is 19.4 Å². The van der Waals surface area contributed by atoms with Gasteiger partial charge < -0.3 is 15.2 Å². The number of hydrogen-bond acceptors (Lipinski definition) is 3. The molecule has 1 rings (SSSR count). The first-order valence-electron chi connectivity index (χ1n) is 5.25. The van der Waals surface area contributed by atoms with Gasteiger partial charge in [-0.25, -0.2) is 0 Å². The molecule has 0 atom stereocenters. The molecule has 1 amide bonds. The van der Waals surface area contributed by atoms with Crippen LogP contribution in [0, 0.1) is 6.92 Å². The molecule has 0 fully saturated rings. The van der Waals surface area contributed by atoms with Crippen LogP contribution in [0.3, 0.4) is 0 Å². The number of carboxylic acids is 1. The second kappa shape index (κ2) is 6.26. The van der Waals surface area contributed by atoms with Crippen molar-refractivity contribution in [2.75, 3.05) is 13.7 Å². The quantitative estimate of drug-likeness (QED) is 0.849. The third-order valence-electron chi connectivity index (χ3n) is 2.35. The summed E-state index contributed by atoms with van der Waals surface area (Å²) in [6.07, 6.45) is 0.0243. The molecule has 0 radical (unpaired) electrons. The van der Waals surface area contributed by atoms with Crippen LogP contribution in [0.15, 0.2) is 12.1 Å². The molecular formula is C12H14ClNO4. The lowest BCUT2D eigenvalue weighted by Crippen LogP contribution is -2.30. The van der Waals surface area contributed by atoms with Gasteiger partial charge in [-0.3, -0.25) is 9.59 Å². The second-order valence-electron chi connectivity index (χ2n) is 3.76. The van der Waals surface area contributed by atoms with Gasteiger partial charge in [0.25, 0.3) is 0 Å². The van der Waals surface area contributed by atoms with E-state index < -0.39 is 18.4 Å². The predicted octanol–water partition coefficient (Wildman–Crippen LogP) is 1.40. The first-order valence-corrected chi connectivity index (χ1v) is 5.63. The van der Waals surface area contributed by atoms with Crippen molar-refractivity contribution in [3.05, 3.63) is 28.3 Å². The summed E-state index contributed by atoms with van der Waals surface area (Å²) >= 11 is 5.97. The number of hydrogen-bond donors (Lipinski definition) is 2. The molecule has 0 saturated carbocycles. The standard InChI is InChI=1S/C12H14ClNO4/c1-7-3-10(18-2)8(4-9(7)13)5-11(15)14-6-12(16)17/h3-4H,5-6H2,1-2H3,(H,14,15)(H,16,17). The summed E-state index contributed by atoms with van der Waals surface area (Å²) in [6, 6.07) is 3.39. The first kappa shape index (κ1) is 14.3. The average Bonchev–Trinajstić information content (AvgIpc) is 2.31. The molecule has 0 aliphatic rings. The molecule has 98 valence electrons. The van der Waals surface area contributed by atoms with E-state index in [9.17, 15) is 9.59 Å². The number of benzene rings is 1. The minimum atomic E-state index is -1.09. The Bertz CT molecular complexity index is 473. The Hall–Kier alpha value is -1.75. The van der Waals surface area contributed by atoms with Crippen molar-refractivity contribution in [3.63, 3.8) is 0 Å². The van der Waals surface area contributed by atoms with Gasteiger partial charge in [0.05, 0.1) is 13.5 Å². The summed E-state index contributed by atoms with van der Waals surface area (Å²) in [5, 5.41) is 11.3. The molecule has 18 heavy (non-hydrogen) atoms. The van der Waals surface area contributed by atoms with E-state index in [0.717, 1.165) is 5.56 Å². The summed E-state index contributed by atoms with van der Waals surface area (Å²) in [4.78, 5) is 21.8. The zero-order valence-electron chi connectivity index (χ0n) is 10.1. The predicted molar refractivity (Wildman–Crippen MR) is 67.1 cm³/mol. The molecule has 0 heterocycles. The minimum absolute atomic E-state index is 0.0243. The molecule has 0 bridgehead atoms.